The first kappa shape index (κ1) is 14.5. The second-order valence-electron chi connectivity index (χ2n) is 4.70. The summed E-state index contributed by atoms with van der Waals surface area (Å²) < 4.78 is 13.9. The van der Waals surface area contributed by atoms with E-state index in [9.17, 15) is 4.39 Å². The first-order valence-corrected chi connectivity index (χ1v) is 7.49. The molecule has 19 heavy (non-hydrogen) atoms. The average Bonchev–Trinajstić information content (AvgIpc) is 2.39. The third kappa shape index (κ3) is 3.80. The Labute approximate surface area is 126 Å². The highest BCUT2D eigenvalue weighted by atomic mass is 79.9. The predicted molar refractivity (Wildman–Crippen MR) is 82.4 cm³/mol. The first-order valence-electron chi connectivity index (χ1n) is 6.16. The van der Waals surface area contributed by atoms with E-state index in [-0.39, 0.29) is 11.7 Å². The zero-order chi connectivity index (χ0) is 13.8. The van der Waals surface area contributed by atoms with Crippen LogP contribution in [0.3, 0.4) is 0 Å². The monoisotopic (exact) mass is 340 g/mol. The van der Waals surface area contributed by atoms with Gasteiger partial charge in [-0.05, 0) is 36.6 Å². The van der Waals surface area contributed by atoms with Gasteiger partial charge < -0.3 is 0 Å². The zero-order valence-corrected chi connectivity index (χ0v) is 13.0. The fourth-order valence-corrected chi connectivity index (χ4v) is 2.85. The lowest BCUT2D eigenvalue weighted by molar-refractivity contribution is 0.625. The van der Waals surface area contributed by atoms with Gasteiger partial charge in [0.1, 0.15) is 5.82 Å². The van der Waals surface area contributed by atoms with Crippen LogP contribution in [0.5, 0.6) is 0 Å². The van der Waals surface area contributed by atoms with Gasteiger partial charge in [0.25, 0.3) is 0 Å². The van der Waals surface area contributed by atoms with Crippen LogP contribution in [0.15, 0.2) is 46.9 Å². The van der Waals surface area contributed by atoms with Gasteiger partial charge in [0.15, 0.2) is 0 Å². The summed E-state index contributed by atoms with van der Waals surface area (Å²) in [5.74, 6) is 0.560. The van der Waals surface area contributed by atoms with Crippen LogP contribution in [0.4, 0.5) is 4.39 Å². The van der Waals surface area contributed by atoms with E-state index >= 15 is 0 Å². The molecule has 0 N–H and O–H groups in total. The summed E-state index contributed by atoms with van der Waals surface area (Å²) in [6.45, 7) is 2.07. The molecule has 0 amide bonds. The Hall–Kier alpha value is -0.860. The highest BCUT2D eigenvalue weighted by molar-refractivity contribution is 9.10. The molecule has 0 spiro atoms. The lowest BCUT2D eigenvalue weighted by atomic mass is 9.93. The fraction of sp³-hybridized carbons (Fsp3) is 0.250. The van der Waals surface area contributed by atoms with Gasteiger partial charge >= 0.3 is 0 Å². The molecule has 1 unspecified atom stereocenters. The summed E-state index contributed by atoms with van der Waals surface area (Å²) in [6, 6.07) is 13.2. The van der Waals surface area contributed by atoms with Gasteiger partial charge in [0.05, 0.1) is 0 Å². The van der Waals surface area contributed by atoms with Crippen LogP contribution in [-0.4, -0.2) is 5.88 Å². The highest BCUT2D eigenvalue weighted by Crippen LogP contribution is 2.27. The van der Waals surface area contributed by atoms with Crippen molar-refractivity contribution in [2.24, 2.45) is 0 Å². The van der Waals surface area contributed by atoms with E-state index in [4.69, 9.17) is 11.6 Å². The number of halogens is 3. The third-order valence-corrected chi connectivity index (χ3v) is 4.33. The molecule has 0 nitrogen and oxygen atoms in total. The van der Waals surface area contributed by atoms with Gasteiger partial charge in [-0.3, -0.25) is 0 Å². The zero-order valence-electron chi connectivity index (χ0n) is 10.7. The Kier molecular flexibility index (Phi) is 5.00. The third-order valence-electron chi connectivity index (χ3n) is 3.22. The van der Waals surface area contributed by atoms with Crippen molar-refractivity contribution in [3.05, 3.63) is 69.4 Å². The molecular weight excluding hydrogens is 327 g/mol. The molecule has 0 radical (unpaired) electrons. The van der Waals surface area contributed by atoms with Crippen molar-refractivity contribution in [3.63, 3.8) is 0 Å². The van der Waals surface area contributed by atoms with Crippen molar-refractivity contribution in [2.75, 3.05) is 5.88 Å². The van der Waals surface area contributed by atoms with Crippen molar-refractivity contribution in [3.8, 4) is 0 Å². The molecule has 0 bridgehead atoms. The van der Waals surface area contributed by atoms with E-state index in [1.165, 1.54) is 23.3 Å². The smallest absolute Gasteiger partial charge is 0.124 e. The molecule has 100 valence electrons. The second-order valence-corrected chi connectivity index (χ2v) is 5.86. The van der Waals surface area contributed by atoms with Crippen LogP contribution in [0.1, 0.15) is 22.6 Å². The molecule has 0 fully saturated rings. The van der Waals surface area contributed by atoms with E-state index in [2.05, 4.69) is 47.1 Å². The number of rotatable bonds is 4. The minimum atomic E-state index is -0.228. The largest absolute Gasteiger partial charge is 0.207 e. The Bertz CT molecular complexity index is 551. The number of aryl methyl sites for hydroxylation is 1. The molecular formula is C16H15BrClF. The molecule has 0 aromatic heterocycles. The molecule has 2 aromatic rings. The van der Waals surface area contributed by atoms with Crippen molar-refractivity contribution in [1.82, 2.24) is 0 Å². The van der Waals surface area contributed by atoms with E-state index in [0.29, 0.717) is 5.88 Å². The summed E-state index contributed by atoms with van der Waals surface area (Å²) >= 11 is 9.49. The number of benzene rings is 2. The first-order chi connectivity index (χ1) is 9.10. The highest BCUT2D eigenvalue weighted by Gasteiger charge is 2.13. The topological polar surface area (TPSA) is 0 Å². The van der Waals surface area contributed by atoms with Gasteiger partial charge in [-0.25, -0.2) is 4.39 Å². The molecule has 0 saturated heterocycles. The van der Waals surface area contributed by atoms with Crippen LogP contribution < -0.4 is 0 Å². The molecule has 0 aliphatic rings. The summed E-state index contributed by atoms with van der Waals surface area (Å²) in [4.78, 5) is 0. The maximum absolute atomic E-state index is 13.1. The lowest BCUT2D eigenvalue weighted by Crippen LogP contribution is -2.05. The average molecular weight is 342 g/mol. The van der Waals surface area contributed by atoms with Crippen molar-refractivity contribution in [1.29, 1.82) is 0 Å². The molecule has 3 heteroatoms. The van der Waals surface area contributed by atoms with E-state index in [0.717, 1.165) is 16.5 Å². The molecule has 1 atom stereocenters. The summed E-state index contributed by atoms with van der Waals surface area (Å²) in [5, 5.41) is 0. The van der Waals surface area contributed by atoms with Gasteiger partial charge in [0, 0.05) is 16.3 Å². The van der Waals surface area contributed by atoms with Crippen LogP contribution in [-0.2, 0) is 6.42 Å². The summed E-state index contributed by atoms with van der Waals surface area (Å²) in [5.41, 5.74) is 3.53. The quantitative estimate of drug-likeness (QED) is 0.648. The molecule has 2 rings (SSSR count). The Morgan fingerprint density at radius 2 is 1.84 bits per heavy atom. The lowest BCUT2D eigenvalue weighted by Gasteiger charge is -2.16. The second kappa shape index (κ2) is 6.53. The predicted octanol–water partition coefficient (Wildman–Crippen LogP) is 5.46. The minimum absolute atomic E-state index is 0.228. The van der Waals surface area contributed by atoms with Gasteiger partial charge in [-0.2, -0.15) is 0 Å². The Balaban J connectivity index is 2.21. The standard InChI is InChI=1S/C16H15BrClF/c1-11-2-4-12(5-3-11)14(10-18)8-13-6-7-15(19)9-16(13)17/h2-7,9,14H,8,10H2,1H3. The van der Waals surface area contributed by atoms with Crippen LogP contribution in [0.2, 0.25) is 0 Å². The number of hydrogen-bond donors (Lipinski definition) is 0. The fourth-order valence-electron chi connectivity index (χ4n) is 2.05. The van der Waals surface area contributed by atoms with Gasteiger partial charge in [-0.1, -0.05) is 51.8 Å². The minimum Gasteiger partial charge on any atom is -0.207 e. The maximum Gasteiger partial charge on any atom is 0.124 e. The van der Waals surface area contributed by atoms with Crippen molar-refractivity contribution in [2.45, 2.75) is 19.3 Å². The SMILES string of the molecule is Cc1ccc(C(CCl)Cc2ccc(F)cc2Br)cc1. The number of hydrogen-bond acceptors (Lipinski definition) is 0. The summed E-state index contributed by atoms with van der Waals surface area (Å²) in [7, 11) is 0. The Morgan fingerprint density at radius 1 is 1.16 bits per heavy atom. The molecule has 0 saturated carbocycles. The maximum atomic E-state index is 13.1. The Morgan fingerprint density at radius 3 is 2.42 bits per heavy atom. The van der Waals surface area contributed by atoms with Gasteiger partial charge in [-0.15, -0.1) is 11.6 Å². The van der Waals surface area contributed by atoms with Crippen molar-refractivity contribution < 1.29 is 4.39 Å². The van der Waals surface area contributed by atoms with Crippen LogP contribution in [0, 0.1) is 12.7 Å². The molecule has 0 heterocycles. The van der Waals surface area contributed by atoms with E-state index in [1.54, 1.807) is 0 Å². The molecule has 2 aromatic carbocycles. The van der Waals surface area contributed by atoms with E-state index < -0.39 is 0 Å². The van der Waals surface area contributed by atoms with Crippen LogP contribution in [0.25, 0.3) is 0 Å². The van der Waals surface area contributed by atoms with Gasteiger partial charge in [0.2, 0.25) is 0 Å². The number of alkyl halides is 1. The van der Waals surface area contributed by atoms with Crippen molar-refractivity contribution >= 4 is 27.5 Å². The summed E-state index contributed by atoms with van der Waals surface area (Å²) in [6.07, 6.45) is 0.799. The molecule has 0 aliphatic carbocycles. The normalized spacial score (nSPS) is 12.4. The van der Waals surface area contributed by atoms with Crippen LogP contribution >= 0.6 is 27.5 Å². The van der Waals surface area contributed by atoms with E-state index in [1.807, 2.05) is 6.07 Å². The molecule has 0 aliphatic heterocycles.